The summed E-state index contributed by atoms with van der Waals surface area (Å²) in [5, 5.41) is 12.7. The zero-order valence-electron chi connectivity index (χ0n) is 27.2. The van der Waals surface area contributed by atoms with Crippen LogP contribution in [0.15, 0.2) is 182 Å². The molecule has 50 heavy (non-hydrogen) atoms. The SMILES string of the molecule is c1ccc(-n2c3ccccc3c3c4cc(-c5ccc6ccc7c(c6c5)c5ccccc5n7-c5cccc6ccccc56)ccc4ccc32)cc1. The van der Waals surface area contributed by atoms with Crippen LogP contribution < -0.4 is 0 Å². The van der Waals surface area contributed by atoms with Crippen molar-refractivity contribution in [3.8, 4) is 22.5 Å². The minimum Gasteiger partial charge on any atom is -0.309 e. The van der Waals surface area contributed by atoms with Crippen LogP contribution in [0.5, 0.6) is 0 Å². The zero-order chi connectivity index (χ0) is 32.8. The Labute approximate surface area is 288 Å². The molecule has 0 aliphatic heterocycles. The molecule has 0 spiro atoms. The summed E-state index contributed by atoms with van der Waals surface area (Å²) < 4.78 is 4.85. The Balaban J connectivity index is 1.17. The van der Waals surface area contributed by atoms with Crippen LogP contribution in [0, 0.1) is 0 Å². The van der Waals surface area contributed by atoms with E-state index in [1.54, 1.807) is 0 Å². The molecule has 11 rings (SSSR count). The standard InChI is InChI=1S/C48H30N2/c1-2-13-36(14-3-1)49-43-18-8-6-16-38(43)47-40-29-34(23-21-32(40)25-27-45(47)49)35-24-22-33-26-28-46-48(41(33)30-35)39-17-7-9-19-44(39)50(46)42-20-10-12-31-11-4-5-15-37(31)42/h1-30H. The highest BCUT2D eigenvalue weighted by atomic mass is 15.0. The molecule has 0 saturated carbocycles. The molecule has 0 atom stereocenters. The van der Waals surface area contributed by atoms with E-state index >= 15 is 0 Å². The van der Waals surface area contributed by atoms with Crippen molar-refractivity contribution in [1.82, 2.24) is 9.13 Å². The number of rotatable bonds is 3. The number of para-hydroxylation sites is 3. The van der Waals surface area contributed by atoms with Gasteiger partial charge in [-0.2, -0.15) is 0 Å². The van der Waals surface area contributed by atoms with Gasteiger partial charge < -0.3 is 9.13 Å². The Hall–Kier alpha value is -6.64. The number of benzene rings is 9. The summed E-state index contributed by atoms with van der Waals surface area (Å²) in [5.74, 6) is 0. The largest absolute Gasteiger partial charge is 0.309 e. The molecule has 2 heterocycles. The lowest BCUT2D eigenvalue weighted by molar-refractivity contribution is 1.18. The van der Waals surface area contributed by atoms with E-state index in [0.29, 0.717) is 0 Å². The Morgan fingerprint density at radius 3 is 1.42 bits per heavy atom. The first kappa shape index (κ1) is 27.3. The lowest BCUT2D eigenvalue weighted by Gasteiger charge is -2.12. The van der Waals surface area contributed by atoms with Gasteiger partial charge in [0.05, 0.1) is 27.8 Å². The number of hydrogen-bond acceptors (Lipinski definition) is 0. The monoisotopic (exact) mass is 634 g/mol. The molecule has 0 saturated heterocycles. The van der Waals surface area contributed by atoms with Crippen LogP contribution in [0.25, 0.3) is 98.4 Å². The van der Waals surface area contributed by atoms with Gasteiger partial charge in [-0.15, -0.1) is 0 Å². The van der Waals surface area contributed by atoms with Crippen LogP contribution >= 0.6 is 0 Å². The van der Waals surface area contributed by atoms with Gasteiger partial charge in [0.15, 0.2) is 0 Å². The van der Waals surface area contributed by atoms with E-state index < -0.39 is 0 Å². The second-order valence-corrected chi connectivity index (χ2v) is 13.3. The van der Waals surface area contributed by atoms with Gasteiger partial charge in [0.25, 0.3) is 0 Å². The Morgan fingerprint density at radius 1 is 0.280 bits per heavy atom. The Bertz CT molecular complexity index is 3140. The molecule has 232 valence electrons. The molecule has 11 aromatic rings. The number of fused-ring (bicyclic) bond motifs is 11. The molecule has 9 aromatic carbocycles. The van der Waals surface area contributed by atoms with E-state index in [2.05, 4.69) is 191 Å². The predicted molar refractivity (Wildman–Crippen MR) is 213 cm³/mol. The summed E-state index contributed by atoms with van der Waals surface area (Å²) in [6.45, 7) is 0. The van der Waals surface area contributed by atoms with Gasteiger partial charge in [0.2, 0.25) is 0 Å². The van der Waals surface area contributed by atoms with Crippen molar-refractivity contribution in [3.63, 3.8) is 0 Å². The van der Waals surface area contributed by atoms with Crippen molar-refractivity contribution in [2.45, 2.75) is 0 Å². The van der Waals surface area contributed by atoms with Crippen LogP contribution in [0.1, 0.15) is 0 Å². The number of aromatic nitrogens is 2. The van der Waals surface area contributed by atoms with Gasteiger partial charge in [-0.25, -0.2) is 0 Å². The van der Waals surface area contributed by atoms with E-state index in [1.807, 2.05) is 0 Å². The van der Waals surface area contributed by atoms with E-state index in [1.165, 1.54) is 98.4 Å². The van der Waals surface area contributed by atoms with Crippen LogP contribution in [0.4, 0.5) is 0 Å². The second kappa shape index (κ2) is 10.4. The van der Waals surface area contributed by atoms with Gasteiger partial charge in [-0.05, 0) is 92.7 Å². The summed E-state index contributed by atoms with van der Waals surface area (Å²) in [6, 6.07) is 66.8. The number of hydrogen-bond donors (Lipinski definition) is 0. The third kappa shape index (κ3) is 3.85. The topological polar surface area (TPSA) is 9.86 Å². The fraction of sp³-hybridized carbons (Fsp3) is 0. The van der Waals surface area contributed by atoms with Gasteiger partial charge in [-0.1, -0.05) is 127 Å². The van der Waals surface area contributed by atoms with E-state index in [-0.39, 0.29) is 0 Å². The molecule has 2 heteroatoms. The Morgan fingerprint density at radius 2 is 0.760 bits per heavy atom. The third-order valence-corrected chi connectivity index (χ3v) is 10.7. The molecule has 0 unspecified atom stereocenters. The zero-order valence-corrected chi connectivity index (χ0v) is 27.2. The summed E-state index contributed by atoms with van der Waals surface area (Å²) in [7, 11) is 0. The molecule has 0 aliphatic rings. The molecule has 0 N–H and O–H groups in total. The predicted octanol–water partition coefficient (Wildman–Crippen LogP) is 13.0. The van der Waals surface area contributed by atoms with Crippen molar-refractivity contribution >= 4 is 75.9 Å². The first-order valence-electron chi connectivity index (χ1n) is 17.3. The van der Waals surface area contributed by atoms with Crippen LogP contribution in [0.2, 0.25) is 0 Å². The molecule has 2 nitrogen and oxygen atoms in total. The van der Waals surface area contributed by atoms with Crippen LogP contribution in [-0.2, 0) is 0 Å². The quantitative estimate of drug-likeness (QED) is 0.183. The van der Waals surface area contributed by atoms with Crippen LogP contribution in [0.3, 0.4) is 0 Å². The molecule has 0 amide bonds. The maximum Gasteiger partial charge on any atom is 0.0547 e. The highest BCUT2D eigenvalue weighted by molar-refractivity contribution is 6.23. The first-order valence-corrected chi connectivity index (χ1v) is 17.3. The maximum absolute atomic E-state index is 2.45. The average Bonchev–Trinajstić information content (AvgIpc) is 3.71. The van der Waals surface area contributed by atoms with E-state index in [4.69, 9.17) is 0 Å². The van der Waals surface area contributed by atoms with Gasteiger partial charge in [0, 0.05) is 32.6 Å². The second-order valence-electron chi connectivity index (χ2n) is 13.3. The highest BCUT2D eigenvalue weighted by Gasteiger charge is 2.18. The normalized spacial score (nSPS) is 12.0. The van der Waals surface area contributed by atoms with Crippen molar-refractivity contribution in [2.24, 2.45) is 0 Å². The van der Waals surface area contributed by atoms with Crippen molar-refractivity contribution in [2.75, 3.05) is 0 Å². The molecule has 0 aliphatic carbocycles. The highest BCUT2D eigenvalue weighted by Crippen LogP contribution is 2.41. The molecular weight excluding hydrogens is 605 g/mol. The third-order valence-electron chi connectivity index (χ3n) is 10.7. The maximum atomic E-state index is 2.45. The minimum absolute atomic E-state index is 1.18. The van der Waals surface area contributed by atoms with E-state index in [0.717, 1.165) is 0 Å². The number of nitrogens with zero attached hydrogens (tertiary/aromatic N) is 2. The van der Waals surface area contributed by atoms with Gasteiger partial charge >= 0.3 is 0 Å². The van der Waals surface area contributed by atoms with Crippen molar-refractivity contribution < 1.29 is 0 Å². The molecule has 0 fully saturated rings. The summed E-state index contributed by atoms with van der Waals surface area (Å²) >= 11 is 0. The molecule has 2 aromatic heterocycles. The molecular formula is C48H30N2. The van der Waals surface area contributed by atoms with Crippen molar-refractivity contribution in [1.29, 1.82) is 0 Å². The molecule has 0 radical (unpaired) electrons. The Kier molecular flexibility index (Phi) is 5.70. The summed E-state index contributed by atoms with van der Waals surface area (Å²) in [4.78, 5) is 0. The summed E-state index contributed by atoms with van der Waals surface area (Å²) in [6.07, 6.45) is 0. The lowest BCUT2D eigenvalue weighted by Crippen LogP contribution is -1.95. The first-order chi connectivity index (χ1) is 24.8. The van der Waals surface area contributed by atoms with Crippen molar-refractivity contribution in [3.05, 3.63) is 182 Å². The molecule has 0 bridgehead atoms. The summed E-state index contributed by atoms with van der Waals surface area (Å²) in [5.41, 5.74) is 9.72. The average molecular weight is 635 g/mol. The fourth-order valence-corrected chi connectivity index (χ4v) is 8.45. The fourth-order valence-electron chi connectivity index (χ4n) is 8.45. The van der Waals surface area contributed by atoms with Gasteiger partial charge in [-0.3, -0.25) is 0 Å². The lowest BCUT2D eigenvalue weighted by atomic mass is 9.95. The van der Waals surface area contributed by atoms with E-state index in [9.17, 15) is 0 Å². The minimum atomic E-state index is 1.18. The van der Waals surface area contributed by atoms with Crippen LogP contribution in [-0.4, -0.2) is 9.13 Å². The van der Waals surface area contributed by atoms with Gasteiger partial charge in [0.1, 0.15) is 0 Å². The smallest absolute Gasteiger partial charge is 0.0547 e.